The zero-order valence-corrected chi connectivity index (χ0v) is 12.1. The van der Waals surface area contributed by atoms with Crippen molar-refractivity contribution in [2.24, 2.45) is 0 Å². The number of benzene rings is 1. The van der Waals surface area contributed by atoms with Crippen molar-refractivity contribution in [3.63, 3.8) is 0 Å². The number of aliphatic carboxylic acids is 1. The Balaban J connectivity index is 2.28. The van der Waals surface area contributed by atoms with Gasteiger partial charge in [0.05, 0.1) is 31.9 Å². The maximum Gasteiger partial charge on any atom is 0.303 e. The van der Waals surface area contributed by atoms with E-state index in [9.17, 15) is 4.79 Å². The molecule has 1 N–H and O–H groups in total. The monoisotopic (exact) mass is 293 g/mol. The second-order valence-electron chi connectivity index (χ2n) is 4.10. The average molecular weight is 293 g/mol. The van der Waals surface area contributed by atoms with E-state index in [4.69, 9.17) is 14.6 Å². The molecule has 0 aliphatic heterocycles. The maximum atomic E-state index is 10.6. The summed E-state index contributed by atoms with van der Waals surface area (Å²) >= 11 is 1.46. The molecule has 1 aromatic heterocycles. The van der Waals surface area contributed by atoms with E-state index in [0.717, 1.165) is 22.0 Å². The van der Waals surface area contributed by atoms with Crippen molar-refractivity contribution < 1.29 is 19.4 Å². The summed E-state index contributed by atoms with van der Waals surface area (Å²) in [5.74, 6) is 0.617. The Morgan fingerprint density at radius 1 is 1.35 bits per heavy atom. The van der Waals surface area contributed by atoms with Gasteiger partial charge in [-0.05, 0) is 18.2 Å². The molecular formula is C14H15NO4S. The molecule has 1 aromatic carbocycles. The molecule has 6 heteroatoms. The Labute approximate surface area is 120 Å². The van der Waals surface area contributed by atoms with E-state index in [2.05, 4.69) is 4.98 Å². The van der Waals surface area contributed by atoms with Gasteiger partial charge in [-0.1, -0.05) is 0 Å². The first-order chi connectivity index (χ1) is 9.63. The molecule has 0 radical (unpaired) electrons. The highest BCUT2D eigenvalue weighted by Crippen LogP contribution is 2.35. The Bertz CT molecular complexity index is 609. The van der Waals surface area contributed by atoms with Crippen LogP contribution in [0.4, 0.5) is 0 Å². The van der Waals surface area contributed by atoms with Crippen LogP contribution in [0.3, 0.4) is 0 Å². The number of carboxylic acids is 1. The van der Waals surface area contributed by atoms with Crippen LogP contribution in [-0.4, -0.2) is 30.3 Å². The van der Waals surface area contributed by atoms with E-state index in [-0.39, 0.29) is 6.42 Å². The van der Waals surface area contributed by atoms with Gasteiger partial charge in [0.1, 0.15) is 16.5 Å². The summed E-state index contributed by atoms with van der Waals surface area (Å²) in [7, 11) is 3.20. The number of hydrogen-bond acceptors (Lipinski definition) is 5. The van der Waals surface area contributed by atoms with Gasteiger partial charge in [0.15, 0.2) is 0 Å². The van der Waals surface area contributed by atoms with Crippen molar-refractivity contribution in [1.29, 1.82) is 0 Å². The van der Waals surface area contributed by atoms with E-state index in [0.29, 0.717) is 12.2 Å². The molecular weight excluding hydrogens is 278 g/mol. The Kier molecular flexibility index (Phi) is 4.57. The maximum absolute atomic E-state index is 10.6. The van der Waals surface area contributed by atoms with Crippen molar-refractivity contribution >= 4 is 17.3 Å². The smallest absolute Gasteiger partial charge is 0.303 e. The Morgan fingerprint density at radius 3 is 2.80 bits per heavy atom. The number of rotatable bonds is 6. The van der Waals surface area contributed by atoms with E-state index in [1.54, 1.807) is 14.2 Å². The summed E-state index contributed by atoms with van der Waals surface area (Å²) in [5.41, 5.74) is 1.62. The van der Waals surface area contributed by atoms with Crippen LogP contribution in [0.1, 0.15) is 12.1 Å². The van der Waals surface area contributed by atoms with Gasteiger partial charge in [0.25, 0.3) is 0 Å². The highest BCUT2D eigenvalue weighted by Gasteiger charge is 2.12. The molecule has 0 atom stereocenters. The second-order valence-corrected chi connectivity index (χ2v) is 4.96. The molecule has 1 heterocycles. The van der Waals surface area contributed by atoms with Crippen LogP contribution in [0.2, 0.25) is 0 Å². The molecule has 2 rings (SSSR count). The first-order valence-corrected chi connectivity index (χ1v) is 6.90. The summed E-state index contributed by atoms with van der Waals surface area (Å²) in [6.45, 7) is 0. The predicted molar refractivity (Wildman–Crippen MR) is 76.6 cm³/mol. The van der Waals surface area contributed by atoms with Crippen molar-refractivity contribution in [2.75, 3.05) is 14.2 Å². The van der Waals surface area contributed by atoms with Crippen LogP contribution in [0.15, 0.2) is 23.6 Å². The number of carboxylic acid groups (broad SMARTS) is 1. The molecule has 0 amide bonds. The number of thiazole rings is 1. The minimum Gasteiger partial charge on any atom is -0.497 e. The first kappa shape index (κ1) is 14.3. The summed E-state index contributed by atoms with van der Waals surface area (Å²) in [5, 5.41) is 11.4. The molecule has 0 bridgehead atoms. The van der Waals surface area contributed by atoms with Gasteiger partial charge in [-0.25, -0.2) is 4.98 Å². The third-order valence-electron chi connectivity index (χ3n) is 2.78. The second kappa shape index (κ2) is 6.38. The van der Waals surface area contributed by atoms with Gasteiger partial charge in [0.2, 0.25) is 0 Å². The zero-order chi connectivity index (χ0) is 14.5. The van der Waals surface area contributed by atoms with Crippen LogP contribution in [-0.2, 0) is 11.2 Å². The molecule has 0 aliphatic rings. The minimum atomic E-state index is -0.821. The van der Waals surface area contributed by atoms with Crippen molar-refractivity contribution in [3.8, 4) is 22.1 Å². The van der Waals surface area contributed by atoms with Gasteiger partial charge in [-0.2, -0.15) is 0 Å². The lowest BCUT2D eigenvalue weighted by atomic mass is 10.2. The Morgan fingerprint density at radius 2 is 2.15 bits per heavy atom. The van der Waals surface area contributed by atoms with E-state index in [1.165, 1.54) is 11.3 Å². The number of carbonyl (C=O) groups is 1. The number of aromatic nitrogens is 1. The third kappa shape index (κ3) is 3.27. The van der Waals surface area contributed by atoms with Crippen molar-refractivity contribution in [1.82, 2.24) is 4.98 Å². The van der Waals surface area contributed by atoms with E-state index >= 15 is 0 Å². The van der Waals surface area contributed by atoms with Crippen molar-refractivity contribution in [2.45, 2.75) is 12.8 Å². The fourth-order valence-electron chi connectivity index (χ4n) is 1.76. The number of ether oxygens (including phenoxy) is 2. The topological polar surface area (TPSA) is 68.7 Å². The highest BCUT2D eigenvalue weighted by molar-refractivity contribution is 7.13. The standard InChI is InChI=1S/C14H15NO4S/c1-18-10-4-5-12(19-2)11(7-10)14-15-9(8-20-14)3-6-13(16)17/h4-5,7-8H,3,6H2,1-2H3,(H,16,17). The SMILES string of the molecule is COc1ccc(OC)c(-c2nc(CCC(=O)O)cs2)c1. The first-order valence-electron chi connectivity index (χ1n) is 6.02. The Hall–Kier alpha value is -2.08. The van der Waals surface area contributed by atoms with Gasteiger partial charge >= 0.3 is 5.97 Å². The summed E-state index contributed by atoms with van der Waals surface area (Å²) in [6.07, 6.45) is 0.510. The third-order valence-corrected chi connectivity index (χ3v) is 3.71. The van der Waals surface area contributed by atoms with E-state index in [1.807, 2.05) is 23.6 Å². The fourth-order valence-corrected chi connectivity index (χ4v) is 2.64. The highest BCUT2D eigenvalue weighted by atomic mass is 32.1. The van der Waals surface area contributed by atoms with Crippen molar-refractivity contribution in [3.05, 3.63) is 29.3 Å². The average Bonchev–Trinajstić information content (AvgIpc) is 2.93. The zero-order valence-electron chi connectivity index (χ0n) is 11.3. The summed E-state index contributed by atoms with van der Waals surface area (Å²) in [6, 6.07) is 5.51. The van der Waals surface area contributed by atoms with Gasteiger partial charge in [0, 0.05) is 11.8 Å². The molecule has 0 fully saturated rings. The number of nitrogens with zero attached hydrogens (tertiary/aromatic N) is 1. The summed E-state index contributed by atoms with van der Waals surface area (Å²) < 4.78 is 10.5. The molecule has 0 spiro atoms. The molecule has 0 aliphatic carbocycles. The lowest BCUT2D eigenvalue weighted by Gasteiger charge is -2.08. The molecule has 0 unspecified atom stereocenters. The molecule has 5 nitrogen and oxygen atoms in total. The lowest BCUT2D eigenvalue weighted by Crippen LogP contribution is -1.97. The van der Waals surface area contributed by atoms with E-state index < -0.39 is 5.97 Å². The van der Waals surface area contributed by atoms with Crippen LogP contribution in [0.5, 0.6) is 11.5 Å². The molecule has 0 saturated heterocycles. The molecule has 106 valence electrons. The number of aryl methyl sites for hydroxylation is 1. The normalized spacial score (nSPS) is 10.3. The van der Waals surface area contributed by atoms with Crippen LogP contribution in [0, 0.1) is 0 Å². The largest absolute Gasteiger partial charge is 0.497 e. The number of hydrogen-bond donors (Lipinski definition) is 1. The minimum absolute atomic E-state index is 0.0818. The van der Waals surface area contributed by atoms with Crippen LogP contribution < -0.4 is 9.47 Å². The molecule has 20 heavy (non-hydrogen) atoms. The molecule has 2 aromatic rings. The number of methoxy groups -OCH3 is 2. The van der Waals surface area contributed by atoms with Gasteiger partial charge in [-0.15, -0.1) is 11.3 Å². The predicted octanol–water partition coefficient (Wildman–Crippen LogP) is 2.84. The van der Waals surface area contributed by atoms with Crippen LogP contribution in [0.25, 0.3) is 10.6 Å². The van der Waals surface area contributed by atoms with Crippen LogP contribution >= 0.6 is 11.3 Å². The van der Waals surface area contributed by atoms with Gasteiger partial charge in [-0.3, -0.25) is 4.79 Å². The van der Waals surface area contributed by atoms with Gasteiger partial charge < -0.3 is 14.6 Å². The molecule has 0 saturated carbocycles. The summed E-state index contributed by atoms with van der Waals surface area (Å²) in [4.78, 5) is 15.0. The quantitative estimate of drug-likeness (QED) is 0.887. The fraction of sp³-hybridized carbons (Fsp3) is 0.286. The lowest BCUT2D eigenvalue weighted by molar-refractivity contribution is -0.136.